The molecule has 0 bridgehead atoms. The summed E-state index contributed by atoms with van der Waals surface area (Å²) in [7, 11) is -2.21. The number of nitrogens with two attached hydrogens (primary N) is 1. The number of hydrogen-bond donors (Lipinski definition) is 1. The molecule has 0 saturated heterocycles. The molecule has 0 atom stereocenters. The molecule has 0 spiro atoms. The maximum atomic E-state index is 12.9. The molecule has 6 nitrogen and oxygen atoms in total. The van der Waals surface area contributed by atoms with Crippen LogP contribution < -0.4 is 14.9 Å². The van der Waals surface area contributed by atoms with Crippen molar-refractivity contribution in [3.8, 4) is 0 Å². The highest BCUT2D eigenvalue weighted by Gasteiger charge is 2.31. The summed E-state index contributed by atoms with van der Waals surface area (Å²) >= 11 is 6.03. The van der Waals surface area contributed by atoms with E-state index in [2.05, 4.69) is 0 Å². The van der Waals surface area contributed by atoms with Crippen LogP contribution >= 0.6 is 11.6 Å². The second-order valence-electron chi connectivity index (χ2n) is 5.70. The van der Waals surface area contributed by atoms with E-state index in [1.165, 1.54) is 12.1 Å². The number of sulfonamides is 1. The number of nitrogens with zero attached hydrogens (tertiary/aromatic N) is 2. The van der Waals surface area contributed by atoms with Crippen LogP contribution in [-0.4, -0.2) is 28.0 Å². The van der Waals surface area contributed by atoms with Crippen LogP contribution in [0.5, 0.6) is 0 Å². The highest BCUT2D eigenvalue weighted by atomic mass is 35.5. The summed E-state index contributed by atoms with van der Waals surface area (Å²) in [5.41, 5.74) is 2.54. The number of primary sulfonamides is 1. The predicted molar refractivity (Wildman–Crippen MR) is 94.1 cm³/mol. The molecule has 0 aliphatic carbocycles. The van der Waals surface area contributed by atoms with E-state index in [1.54, 1.807) is 4.90 Å². The van der Waals surface area contributed by atoms with Crippen molar-refractivity contribution in [2.45, 2.75) is 11.8 Å². The Morgan fingerprint density at radius 2 is 1.83 bits per heavy atom. The van der Waals surface area contributed by atoms with E-state index in [0.717, 1.165) is 11.3 Å². The lowest BCUT2D eigenvalue weighted by Gasteiger charge is -2.36. The smallest absolute Gasteiger partial charge is 0.261 e. The molecule has 0 fully saturated rings. The number of fused-ring (bicyclic) bond motifs is 1. The van der Waals surface area contributed by atoms with Crippen LogP contribution in [0.4, 0.5) is 11.4 Å². The average molecular weight is 366 g/mol. The maximum Gasteiger partial charge on any atom is 0.261 e. The zero-order valence-corrected chi connectivity index (χ0v) is 14.7. The zero-order chi connectivity index (χ0) is 17.6. The number of carbonyl (C=O) groups excluding carboxylic acids is 1. The van der Waals surface area contributed by atoms with E-state index in [1.807, 2.05) is 43.1 Å². The standard InChI is InChI=1S/C16H16ClN3O3S/c1-10-5-3-4-6-13(10)20-9-19(2)14-8-12(17)15(24(18,22)23)7-11(14)16(20)21/h3-8H,9H2,1-2H3,(H2,18,22,23). The molecular weight excluding hydrogens is 350 g/mol. The molecule has 1 amide bonds. The summed E-state index contributed by atoms with van der Waals surface area (Å²) < 4.78 is 23.4. The molecule has 1 aliphatic rings. The van der Waals surface area contributed by atoms with E-state index in [9.17, 15) is 13.2 Å². The van der Waals surface area contributed by atoms with Crippen molar-refractivity contribution in [2.24, 2.45) is 5.14 Å². The zero-order valence-electron chi connectivity index (χ0n) is 13.2. The van der Waals surface area contributed by atoms with Gasteiger partial charge in [0.1, 0.15) is 4.90 Å². The van der Waals surface area contributed by atoms with Gasteiger partial charge in [-0.3, -0.25) is 9.69 Å². The molecule has 0 radical (unpaired) electrons. The van der Waals surface area contributed by atoms with Gasteiger partial charge in [0, 0.05) is 12.7 Å². The fourth-order valence-corrected chi connectivity index (χ4v) is 3.89. The Hall–Kier alpha value is -2.09. The number of amides is 1. The molecule has 8 heteroatoms. The molecule has 24 heavy (non-hydrogen) atoms. The average Bonchev–Trinajstić information content (AvgIpc) is 2.50. The number of halogens is 1. The molecule has 0 unspecified atom stereocenters. The Morgan fingerprint density at radius 1 is 1.17 bits per heavy atom. The summed E-state index contributed by atoms with van der Waals surface area (Å²) in [6, 6.07) is 10.2. The van der Waals surface area contributed by atoms with Crippen LogP contribution in [-0.2, 0) is 10.0 Å². The molecule has 1 aliphatic heterocycles. The number of carbonyl (C=O) groups is 1. The van der Waals surface area contributed by atoms with Crippen molar-refractivity contribution in [1.29, 1.82) is 0 Å². The Kier molecular flexibility index (Phi) is 4.03. The summed E-state index contributed by atoms with van der Waals surface area (Å²) in [5, 5.41) is 5.19. The third kappa shape index (κ3) is 2.75. The third-order valence-corrected chi connectivity index (χ3v) is 5.38. The number of aryl methyl sites for hydroxylation is 1. The molecule has 0 saturated carbocycles. The van der Waals surface area contributed by atoms with E-state index in [0.29, 0.717) is 12.4 Å². The number of benzene rings is 2. The molecule has 2 aromatic rings. The molecular formula is C16H16ClN3O3S. The van der Waals surface area contributed by atoms with Crippen LogP contribution in [0.25, 0.3) is 0 Å². The van der Waals surface area contributed by atoms with Crippen molar-refractivity contribution >= 4 is 38.9 Å². The van der Waals surface area contributed by atoms with Gasteiger partial charge in [0.15, 0.2) is 0 Å². The first-order valence-electron chi connectivity index (χ1n) is 7.15. The van der Waals surface area contributed by atoms with Gasteiger partial charge in [-0.15, -0.1) is 0 Å². The van der Waals surface area contributed by atoms with E-state index >= 15 is 0 Å². The number of para-hydroxylation sites is 1. The monoisotopic (exact) mass is 365 g/mol. The van der Waals surface area contributed by atoms with Crippen LogP contribution in [0.15, 0.2) is 41.3 Å². The van der Waals surface area contributed by atoms with Gasteiger partial charge in [0.05, 0.1) is 22.9 Å². The Labute approximate surface area is 145 Å². The molecule has 0 aromatic heterocycles. The number of anilines is 2. The first kappa shape index (κ1) is 16.8. The first-order chi connectivity index (χ1) is 11.2. The predicted octanol–water partition coefficient (Wildman–Crippen LogP) is 2.35. The lowest BCUT2D eigenvalue weighted by Crippen LogP contribution is -2.45. The summed E-state index contributed by atoms with van der Waals surface area (Å²) in [5.74, 6) is -0.293. The summed E-state index contributed by atoms with van der Waals surface area (Å²) in [6.45, 7) is 2.25. The van der Waals surface area contributed by atoms with E-state index < -0.39 is 10.0 Å². The van der Waals surface area contributed by atoms with Gasteiger partial charge in [-0.2, -0.15) is 0 Å². The lowest BCUT2D eigenvalue weighted by atomic mass is 10.1. The summed E-state index contributed by atoms with van der Waals surface area (Å²) in [6.07, 6.45) is 0. The quantitative estimate of drug-likeness (QED) is 0.885. The second-order valence-corrected chi connectivity index (χ2v) is 7.64. The van der Waals surface area contributed by atoms with Gasteiger partial charge in [-0.05, 0) is 30.7 Å². The number of rotatable bonds is 2. The molecule has 126 valence electrons. The van der Waals surface area contributed by atoms with Crippen molar-refractivity contribution in [3.05, 3.63) is 52.5 Å². The van der Waals surface area contributed by atoms with Crippen LogP contribution in [0.1, 0.15) is 15.9 Å². The van der Waals surface area contributed by atoms with Crippen molar-refractivity contribution < 1.29 is 13.2 Å². The van der Waals surface area contributed by atoms with Crippen LogP contribution in [0, 0.1) is 6.92 Å². The molecule has 3 rings (SSSR count). The minimum absolute atomic E-state index is 0.000224. The van der Waals surface area contributed by atoms with Crippen molar-refractivity contribution in [1.82, 2.24) is 0 Å². The number of hydrogen-bond acceptors (Lipinski definition) is 4. The van der Waals surface area contributed by atoms with Crippen molar-refractivity contribution in [2.75, 3.05) is 23.5 Å². The van der Waals surface area contributed by atoms with Gasteiger partial charge >= 0.3 is 0 Å². The minimum atomic E-state index is -4.02. The maximum absolute atomic E-state index is 12.9. The Balaban J connectivity index is 2.17. The molecule has 2 aromatic carbocycles. The van der Waals surface area contributed by atoms with Gasteiger partial charge in [0.25, 0.3) is 5.91 Å². The van der Waals surface area contributed by atoms with Gasteiger partial charge in [0.2, 0.25) is 10.0 Å². The minimum Gasteiger partial charge on any atom is -0.356 e. The Morgan fingerprint density at radius 3 is 2.46 bits per heavy atom. The topological polar surface area (TPSA) is 83.7 Å². The molecule has 1 heterocycles. The van der Waals surface area contributed by atoms with Crippen LogP contribution in [0.2, 0.25) is 5.02 Å². The fourth-order valence-electron chi connectivity index (χ4n) is 2.80. The fraction of sp³-hybridized carbons (Fsp3) is 0.188. The highest BCUT2D eigenvalue weighted by Crippen LogP contribution is 2.35. The summed E-state index contributed by atoms with van der Waals surface area (Å²) in [4.78, 5) is 16.1. The van der Waals surface area contributed by atoms with Gasteiger partial charge < -0.3 is 4.90 Å². The Bertz CT molecular complexity index is 944. The van der Waals surface area contributed by atoms with E-state index in [-0.39, 0.29) is 21.4 Å². The lowest BCUT2D eigenvalue weighted by molar-refractivity contribution is 0.0982. The SMILES string of the molecule is Cc1ccccc1N1CN(C)c2cc(Cl)c(S(N)(=O)=O)cc2C1=O. The second kappa shape index (κ2) is 5.77. The van der Waals surface area contributed by atoms with E-state index in [4.69, 9.17) is 16.7 Å². The highest BCUT2D eigenvalue weighted by molar-refractivity contribution is 7.89. The van der Waals surface area contributed by atoms with Gasteiger partial charge in [-0.25, -0.2) is 13.6 Å². The molecule has 2 N–H and O–H groups in total. The largest absolute Gasteiger partial charge is 0.356 e. The first-order valence-corrected chi connectivity index (χ1v) is 9.07. The van der Waals surface area contributed by atoms with Gasteiger partial charge in [-0.1, -0.05) is 29.8 Å². The third-order valence-electron chi connectivity index (χ3n) is 4.00. The normalized spacial score (nSPS) is 14.8. The van der Waals surface area contributed by atoms with Crippen molar-refractivity contribution in [3.63, 3.8) is 0 Å². The van der Waals surface area contributed by atoms with Crippen LogP contribution in [0.3, 0.4) is 0 Å².